The van der Waals surface area contributed by atoms with Crippen LogP contribution in [0.3, 0.4) is 0 Å². The molecule has 13 heavy (non-hydrogen) atoms. The molecular formula is C8H7ClFNOS. The lowest BCUT2D eigenvalue weighted by molar-refractivity contribution is 0.235. The van der Waals surface area contributed by atoms with Crippen molar-refractivity contribution < 1.29 is 9.18 Å². The molecule has 1 rings (SSSR count). The third-order valence-corrected chi connectivity index (χ3v) is 2.61. The first-order valence-electron chi connectivity index (χ1n) is 3.43. The zero-order chi connectivity index (χ0) is 9.84. The summed E-state index contributed by atoms with van der Waals surface area (Å²) in [6.07, 6.45) is 0.294. The lowest BCUT2D eigenvalue weighted by Gasteiger charge is -2.03. The summed E-state index contributed by atoms with van der Waals surface area (Å²) in [7, 11) is 0. The van der Waals surface area contributed by atoms with Gasteiger partial charge in [0.25, 0.3) is 0 Å². The van der Waals surface area contributed by atoms with Crippen LogP contribution in [0.4, 0.5) is 14.9 Å². The van der Waals surface area contributed by atoms with E-state index < -0.39 is 6.16 Å². The molecule has 0 fully saturated rings. The molecule has 0 aliphatic carbocycles. The smallest absolute Gasteiger partial charge is 0.298 e. The number of halogens is 2. The number of hydrogen-bond donors (Lipinski definition) is 1. The molecule has 5 heteroatoms. The highest BCUT2D eigenvalue weighted by molar-refractivity contribution is 7.98. The molecule has 0 radical (unpaired) electrons. The number of benzene rings is 1. The normalized spacial score (nSPS) is 9.77. The first kappa shape index (κ1) is 10.3. The van der Waals surface area contributed by atoms with Gasteiger partial charge < -0.3 is 0 Å². The molecule has 0 heterocycles. The molecule has 1 N–H and O–H groups in total. The predicted molar refractivity (Wildman–Crippen MR) is 53.4 cm³/mol. The maximum absolute atomic E-state index is 11.9. The number of rotatable bonds is 2. The van der Waals surface area contributed by atoms with Gasteiger partial charge >= 0.3 is 6.16 Å². The molecule has 0 atom stereocenters. The summed E-state index contributed by atoms with van der Waals surface area (Å²) in [6.45, 7) is 0. The van der Waals surface area contributed by atoms with Crippen LogP contribution in [0.5, 0.6) is 0 Å². The van der Waals surface area contributed by atoms with Crippen molar-refractivity contribution >= 4 is 35.2 Å². The quantitative estimate of drug-likeness (QED) is 0.468. The van der Waals surface area contributed by atoms with Crippen molar-refractivity contribution in [1.82, 2.24) is 0 Å². The monoisotopic (exact) mass is 219 g/mol. The summed E-state index contributed by atoms with van der Waals surface area (Å²) in [5.41, 5.74) is 0.357. The first-order chi connectivity index (χ1) is 6.13. The Labute approximate surface area is 84.5 Å². The van der Waals surface area contributed by atoms with Crippen LogP contribution in [0.2, 0.25) is 5.02 Å². The highest BCUT2D eigenvalue weighted by atomic mass is 35.5. The van der Waals surface area contributed by atoms with E-state index in [1.54, 1.807) is 12.1 Å². The van der Waals surface area contributed by atoms with Crippen molar-refractivity contribution in [3.05, 3.63) is 23.2 Å². The van der Waals surface area contributed by atoms with Gasteiger partial charge in [-0.1, -0.05) is 11.6 Å². The fourth-order valence-corrected chi connectivity index (χ4v) is 1.73. The molecule has 0 aliphatic heterocycles. The number of carbonyl (C=O) groups excluding carboxylic acids is 1. The second-order valence-electron chi connectivity index (χ2n) is 2.25. The summed E-state index contributed by atoms with van der Waals surface area (Å²) in [4.78, 5) is 10.9. The molecule has 1 aromatic rings. The van der Waals surface area contributed by atoms with Crippen molar-refractivity contribution in [3.63, 3.8) is 0 Å². The van der Waals surface area contributed by atoms with Crippen molar-refractivity contribution in [2.24, 2.45) is 0 Å². The Kier molecular flexibility index (Phi) is 3.57. The number of hydrogen-bond acceptors (Lipinski definition) is 2. The van der Waals surface area contributed by atoms with Crippen LogP contribution in [0, 0.1) is 0 Å². The van der Waals surface area contributed by atoms with Gasteiger partial charge in [0.2, 0.25) is 0 Å². The van der Waals surface area contributed by atoms with Gasteiger partial charge in [0.15, 0.2) is 0 Å². The molecule has 70 valence electrons. The van der Waals surface area contributed by atoms with Gasteiger partial charge in [0.05, 0.1) is 5.02 Å². The Morgan fingerprint density at radius 2 is 2.31 bits per heavy atom. The highest BCUT2D eigenvalue weighted by Crippen LogP contribution is 2.27. The molecule has 1 aromatic carbocycles. The third kappa shape index (κ3) is 2.90. The standard InChI is InChI=1S/C8H7ClFNOS/c1-13-7-3-2-5(4-6(7)9)11-8(10)12/h2-4H,1H3,(H,11,12). The van der Waals surface area contributed by atoms with Gasteiger partial charge in [-0.25, -0.2) is 4.79 Å². The third-order valence-electron chi connectivity index (χ3n) is 1.39. The molecular weight excluding hydrogens is 213 g/mol. The zero-order valence-electron chi connectivity index (χ0n) is 6.80. The zero-order valence-corrected chi connectivity index (χ0v) is 8.38. The SMILES string of the molecule is CSc1ccc(NC(=O)F)cc1Cl. The second kappa shape index (κ2) is 4.48. The van der Waals surface area contributed by atoms with Crippen LogP contribution >= 0.6 is 23.4 Å². The van der Waals surface area contributed by atoms with E-state index in [-0.39, 0.29) is 0 Å². The van der Waals surface area contributed by atoms with Crippen molar-refractivity contribution in [1.29, 1.82) is 0 Å². The Morgan fingerprint density at radius 1 is 1.62 bits per heavy atom. The van der Waals surface area contributed by atoms with E-state index >= 15 is 0 Å². The molecule has 0 aromatic heterocycles. The topological polar surface area (TPSA) is 29.1 Å². The predicted octanol–water partition coefficient (Wildman–Crippen LogP) is 3.56. The molecule has 1 amide bonds. The van der Waals surface area contributed by atoms with E-state index in [2.05, 4.69) is 0 Å². The van der Waals surface area contributed by atoms with E-state index in [1.165, 1.54) is 17.8 Å². The molecule has 2 nitrogen and oxygen atoms in total. The first-order valence-corrected chi connectivity index (χ1v) is 5.04. The van der Waals surface area contributed by atoms with Crippen LogP contribution < -0.4 is 5.32 Å². The van der Waals surface area contributed by atoms with Crippen molar-refractivity contribution in [3.8, 4) is 0 Å². The number of nitrogens with one attached hydrogen (secondary N) is 1. The number of amides is 1. The lowest BCUT2D eigenvalue weighted by atomic mass is 10.3. The number of anilines is 1. The summed E-state index contributed by atoms with van der Waals surface area (Å²) < 4.78 is 11.9. The maximum Gasteiger partial charge on any atom is 0.401 e. The van der Waals surface area contributed by atoms with Crippen LogP contribution in [0.1, 0.15) is 0 Å². The minimum Gasteiger partial charge on any atom is -0.298 e. The fraction of sp³-hybridized carbons (Fsp3) is 0.125. The van der Waals surface area contributed by atoms with Gasteiger partial charge in [0.1, 0.15) is 0 Å². The fourth-order valence-electron chi connectivity index (χ4n) is 0.858. The summed E-state index contributed by atoms with van der Waals surface area (Å²) in [6, 6.07) is 4.82. The minimum atomic E-state index is -1.59. The molecule has 0 aliphatic rings. The van der Waals surface area contributed by atoms with Crippen molar-refractivity contribution in [2.75, 3.05) is 11.6 Å². The highest BCUT2D eigenvalue weighted by Gasteiger charge is 2.02. The average Bonchev–Trinajstić information content (AvgIpc) is 2.03. The minimum absolute atomic E-state index is 0.357. The summed E-state index contributed by atoms with van der Waals surface area (Å²) in [5, 5.41) is 2.50. The average molecular weight is 220 g/mol. The number of carbonyl (C=O) groups is 1. The van der Waals surface area contributed by atoms with E-state index in [4.69, 9.17) is 11.6 Å². The molecule has 0 saturated heterocycles. The largest absolute Gasteiger partial charge is 0.401 e. The van der Waals surface area contributed by atoms with Crippen LogP contribution in [0.25, 0.3) is 0 Å². The van der Waals surface area contributed by atoms with E-state index in [9.17, 15) is 9.18 Å². The van der Waals surface area contributed by atoms with E-state index in [0.29, 0.717) is 10.7 Å². The Bertz CT molecular complexity index is 332. The Morgan fingerprint density at radius 3 is 2.77 bits per heavy atom. The van der Waals surface area contributed by atoms with Gasteiger partial charge in [-0.15, -0.1) is 16.2 Å². The maximum atomic E-state index is 11.9. The molecule has 0 saturated carbocycles. The van der Waals surface area contributed by atoms with Gasteiger partial charge in [-0.2, -0.15) is 0 Å². The van der Waals surface area contributed by atoms with Gasteiger partial charge in [0, 0.05) is 10.6 Å². The number of thioether (sulfide) groups is 1. The van der Waals surface area contributed by atoms with Gasteiger partial charge in [-0.3, -0.25) is 5.32 Å². The van der Waals surface area contributed by atoms with E-state index in [0.717, 1.165) is 4.90 Å². The van der Waals surface area contributed by atoms with Crippen molar-refractivity contribution in [2.45, 2.75) is 4.90 Å². The van der Waals surface area contributed by atoms with Crippen LogP contribution in [0.15, 0.2) is 23.1 Å². The molecule has 0 spiro atoms. The van der Waals surface area contributed by atoms with Gasteiger partial charge in [-0.05, 0) is 24.5 Å². The lowest BCUT2D eigenvalue weighted by Crippen LogP contribution is -2.01. The Balaban J connectivity index is 2.89. The molecule has 0 bridgehead atoms. The summed E-state index contributed by atoms with van der Waals surface area (Å²) >= 11 is 7.30. The second-order valence-corrected chi connectivity index (χ2v) is 3.50. The Hall–Kier alpha value is -0.740. The van der Waals surface area contributed by atoms with Crippen LogP contribution in [-0.4, -0.2) is 12.4 Å². The van der Waals surface area contributed by atoms with Crippen LogP contribution in [-0.2, 0) is 0 Å². The molecule has 0 unspecified atom stereocenters. The van der Waals surface area contributed by atoms with E-state index in [1.807, 2.05) is 11.6 Å². The summed E-state index contributed by atoms with van der Waals surface area (Å²) in [5.74, 6) is 0.